The Morgan fingerprint density at radius 3 is 2.58 bits per heavy atom. The number of ether oxygens (including phenoxy) is 1. The lowest BCUT2D eigenvalue weighted by Gasteiger charge is -2.15. The Hall–Kier alpha value is -2.34. The van der Waals surface area contributed by atoms with Crippen LogP contribution in [0.1, 0.15) is 18.1 Å². The van der Waals surface area contributed by atoms with E-state index in [1.54, 1.807) is 19.1 Å². The van der Waals surface area contributed by atoms with E-state index in [1.807, 2.05) is 43.3 Å². The Labute approximate surface area is 149 Å². The van der Waals surface area contributed by atoms with Gasteiger partial charge in [0.15, 0.2) is 6.10 Å². The minimum atomic E-state index is -0.738. The molecule has 0 aromatic heterocycles. The molecule has 0 bridgehead atoms. The number of carbonyl (C=O) groups excluding carboxylic acids is 2. The molecule has 0 radical (unpaired) electrons. The lowest BCUT2D eigenvalue weighted by atomic mass is 10.1. The third-order valence-electron chi connectivity index (χ3n) is 3.42. The van der Waals surface area contributed by atoms with Crippen molar-refractivity contribution in [3.05, 3.63) is 64.1 Å². The highest BCUT2D eigenvalue weighted by atomic mass is 79.9. The van der Waals surface area contributed by atoms with E-state index in [4.69, 9.17) is 4.74 Å². The molecule has 2 N–H and O–H groups in total. The van der Waals surface area contributed by atoms with Gasteiger partial charge in [0.1, 0.15) is 5.75 Å². The SMILES string of the molecule is Cc1ccccc1CC(=O)NNC(=O)C(C)Oc1cccc(Br)c1. The number of amides is 2. The average Bonchev–Trinajstić information content (AvgIpc) is 2.54. The smallest absolute Gasteiger partial charge is 0.279 e. The molecule has 2 rings (SSSR count). The van der Waals surface area contributed by atoms with Crippen LogP contribution in [-0.4, -0.2) is 17.9 Å². The summed E-state index contributed by atoms with van der Waals surface area (Å²) in [6, 6.07) is 14.8. The number of aryl methyl sites for hydroxylation is 1. The zero-order valence-electron chi connectivity index (χ0n) is 13.5. The normalized spacial score (nSPS) is 11.5. The van der Waals surface area contributed by atoms with E-state index in [-0.39, 0.29) is 12.3 Å². The van der Waals surface area contributed by atoms with Crippen molar-refractivity contribution in [2.24, 2.45) is 0 Å². The molecule has 2 aromatic carbocycles. The molecule has 0 heterocycles. The molecule has 126 valence electrons. The molecule has 0 aliphatic heterocycles. The van der Waals surface area contributed by atoms with Crippen molar-refractivity contribution in [1.82, 2.24) is 10.9 Å². The third kappa shape index (κ3) is 5.38. The molecule has 2 aromatic rings. The van der Waals surface area contributed by atoms with Gasteiger partial charge in [-0.1, -0.05) is 46.3 Å². The number of nitrogens with one attached hydrogen (secondary N) is 2. The Bertz CT molecular complexity index is 734. The first-order chi connectivity index (χ1) is 11.5. The molecule has 1 unspecified atom stereocenters. The molecule has 24 heavy (non-hydrogen) atoms. The number of benzene rings is 2. The standard InChI is InChI=1S/C18H19BrN2O3/c1-12-6-3-4-7-14(12)10-17(22)20-21-18(23)13(2)24-16-9-5-8-15(19)11-16/h3-9,11,13H,10H2,1-2H3,(H,20,22)(H,21,23). The third-order valence-corrected chi connectivity index (χ3v) is 3.91. The van der Waals surface area contributed by atoms with Crippen LogP contribution in [0.5, 0.6) is 5.75 Å². The summed E-state index contributed by atoms with van der Waals surface area (Å²) in [7, 11) is 0. The van der Waals surface area contributed by atoms with Gasteiger partial charge >= 0.3 is 0 Å². The van der Waals surface area contributed by atoms with Gasteiger partial charge in [-0.05, 0) is 43.2 Å². The van der Waals surface area contributed by atoms with E-state index < -0.39 is 12.0 Å². The van der Waals surface area contributed by atoms with Crippen molar-refractivity contribution in [2.75, 3.05) is 0 Å². The Morgan fingerprint density at radius 1 is 1.12 bits per heavy atom. The van der Waals surface area contributed by atoms with Crippen LogP contribution in [0.3, 0.4) is 0 Å². The first-order valence-electron chi connectivity index (χ1n) is 7.51. The topological polar surface area (TPSA) is 67.4 Å². The summed E-state index contributed by atoms with van der Waals surface area (Å²) in [6.07, 6.45) is -0.536. The van der Waals surface area contributed by atoms with Crippen molar-refractivity contribution in [3.63, 3.8) is 0 Å². The quantitative estimate of drug-likeness (QED) is 0.771. The van der Waals surface area contributed by atoms with Crippen molar-refractivity contribution in [2.45, 2.75) is 26.4 Å². The molecule has 0 aliphatic rings. The van der Waals surface area contributed by atoms with Crippen LogP contribution in [0, 0.1) is 6.92 Å². The monoisotopic (exact) mass is 390 g/mol. The van der Waals surface area contributed by atoms with E-state index in [9.17, 15) is 9.59 Å². The maximum atomic E-state index is 12.0. The molecule has 0 saturated carbocycles. The van der Waals surface area contributed by atoms with Crippen molar-refractivity contribution >= 4 is 27.7 Å². The Kier molecular flexibility index (Phi) is 6.37. The lowest BCUT2D eigenvalue weighted by molar-refractivity contribution is -0.132. The number of carbonyl (C=O) groups is 2. The number of hydrogen-bond acceptors (Lipinski definition) is 3. The van der Waals surface area contributed by atoms with Gasteiger partial charge < -0.3 is 4.74 Å². The van der Waals surface area contributed by atoms with Gasteiger partial charge in [0.05, 0.1) is 6.42 Å². The van der Waals surface area contributed by atoms with Gasteiger partial charge in [0, 0.05) is 4.47 Å². The van der Waals surface area contributed by atoms with Crippen LogP contribution < -0.4 is 15.6 Å². The zero-order chi connectivity index (χ0) is 17.5. The summed E-state index contributed by atoms with van der Waals surface area (Å²) in [5.41, 5.74) is 6.74. The van der Waals surface area contributed by atoms with Crippen LogP contribution in [0.15, 0.2) is 53.0 Å². The maximum Gasteiger partial charge on any atom is 0.279 e. The second kappa shape index (κ2) is 8.49. The van der Waals surface area contributed by atoms with Gasteiger partial charge in [0.2, 0.25) is 5.91 Å². The fraction of sp³-hybridized carbons (Fsp3) is 0.222. The summed E-state index contributed by atoms with van der Waals surface area (Å²) >= 11 is 3.34. The van der Waals surface area contributed by atoms with Crippen LogP contribution in [0.25, 0.3) is 0 Å². The number of hydrazine groups is 1. The predicted molar refractivity (Wildman–Crippen MR) is 95.4 cm³/mol. The van der Waals surface area contributed by atoms with Crippen LogP contribution >= 0.6 is 15.9 Å². The average molecular weight is 391 g/mol. The molecular weight excluding hydrogens is 372 g/mol. The summed E-state index contributed by atoms with van der Waals surface area (Å²) in [4.78, 5) is 23.9. The van der Waals surface area contributed by atoms with E-state index in [1.165, 1.54) is 0 Å². The molecule has 0 saturated heterocycles. The van der Waals surface area contributed by atoms with Gasteiger partial charge in [-0.25, -0.2) is 0 Å². The molecule has 1 atom stereocenters. The fourth-order valence-corrected chi connectivity index (χ4v) is 2.43. The summed E-state index contributed by atoms with van der Waals surface area (Å²) in [5, 5.41) is 0. The molecule has 0 fully saturated rings. The first-order valence-corrected chi connectivity index (χ1v) is 8.30. The Balaban J connectivity index is 1.81. The minimum absolute atomic E-state index is 0.202. The first kappa shape index (κ1) is 18.0. The van der Waals surface area contributed by atoms with E-state index in [0.29, 0.717) is 5.75 Å². The van der Waals surface area contributed by atoms with Crippen molar-refractivity contribution < 1.29 is 14.3 Å². The van der Waals surface area contributed by atoms with Gasteiger partial charge in [-0.3, -0.25) is 20.4 Å². The lowest BCUT2D eigenvalue weighted by Crippen LogP contribution is -2.47. The van der Waals surface area contributed by atoms with Gasteiger partial charge in [-0.15, -0.1) is 0 Å². The highest BCUT2D eigenvalue weighted by Crippen LogP contribution is 2.18. The summed E-state index contributed by atoms with van der Waals surface area (Å²) < 4.78 is 6.39. The van der Waals surface area contributed by atoms with E-state index >= 15 is 0 Å². The van der Waals surface area contributed by atoms with Crippen molar-refractivity contribution in [1.29, 1.82) is 0 Å². The van der Waals surface area contributed by atoms with E-state index in [2.05, 4.69) is 26.8 Å². The Morgan fingerprint density at radius 2 is 1.88 bits per heavy atom. The minimum Gasteiger partial charge on any atom is -0.481 e. The molecule has 0 spiro atoms. The highest BCUT2D eigenvalue weighted by molar-refractivity contribution is 9.10. The van der Waals surface area contributed by atoms with Gasteiger partial charge in [0.25, 0.3) is 5.91 Å². The highest BCUT2D eigenvalue weighted by Gasteiger charge is 2.15. The molecule has 2 amide bonds. The number of hydrogen-bond donors (Lipinski definition) is 2. The summed E-state index contributed by atoms with van der Waals surface area (Å²) in [6.45, 7) is 3.55. The summed E-state index contributed by atoms with van der Waals surface area (Å²) in [5.74, 6) is -0.140. The number of halogens is 1. The van der Waals surface area contributed by atoms with E-state index in [0.717, 1.165) is 15.6 Å². The van der Waals surface area contributed by atoms with Crippen LogP contribution in [0.2, 0.25) is 0 Å². The molecule has 5 nitrogen and oxygen atoms in total. The zero-order valence-corrected chi connectivity index (χ0v) is 15.1. The number of rotatable bonds is 5. The molecule has 0 aliphatic carbocycles. The van der Waals surface area contributed by atoms with Gasteiger partial charge in [-0.2, -0.15) is 0 Å². The van der Waals surface area contributed by atoms with Crippen LogP contribution in [-0.2, 0) is 16.0 Å². The van der Waals surface area contributed by atoms with Crippen LogP contribution in [0.4, 0.5) is 0 Å². The fourth-order valence-electron chi connectivity index (χ4n) is 2.06. The second-order valence-electron chi connectivity index (χ2n) is 5.36. The molecular formula is C18H19BrN2O3. The van der Waals surface area contributed by atoms with Crippen molar-refractivity contribution in [3.8, 4) is 5.75 Å². The predicted octanol–water partition coefficient (Wildman–Crippen LogP) is 2.91. The largest absolute Gasteiger partial charge is 0.481 e. The molecule has 6 heteroatoms. The second-order valence-corrected chi connectivity index (χ2v) is 6.27. The maximum absolute atomic E-state index is 12.0.